The second-order valence-corrected chi connectivity index (χ2v) is 12.0. The molecule has 1 radical (unpaired) electrons. The van der Waals surface area contributed by atoms with Crippen molar-refractivity contribution < 1.29 is 0 Å². The number of unbranched alkanes of at least 4 members (excludes halogenated alkanes) is 20. The van der Waals surface area contributed by atoms with Crippen molar-refractivity contribution in [2.24, 2.45) is 5.92 Å². The van der Waals surface area contributed by atoms with Crippen LogP contribution in [-0.4, -0.2) is 5.54 Å². The monoisotopic (exact) mass is 493 g/mol. The zero-order valence-corrected chi connectivity index (χ0v) is 25.4. The molecular weight excluding hydrogens is 422 g/mol. The molecule has 211 valence electrons. The number of rotatable bonds is 29. The third-order valence-electron chi connectivity index (χ3n) is 8.55. The van der Waals surface area contributed by atoms with Crippen LogP contribution in [-0.2, 0) is 0 Å². The second kappa shape index (κ2) is 27.0. The standard InChI is InChI=1S/C34H70N/c1-5-9-13-17-21-25-29-33(30-26-22-18-14-10-6-2)34(35,31-27-23-19-15-11-7-3)32-28-24-20-16-12-8-4/h33,35H,5-32H2,1-4H3. The first-order chi connectivity index (χ1) is 17.1. The lowest BCUT2D eigenvalue weighted by molar-refractivity contribution is 0.181. The van der Waals surface area contributed by atoms with Crippen molar-refractivity contribution in [2.45, 2.75) is 213 Å². The molecule has 0 bridgehead atoms. The molecule has 0 atom stereocenters. The highest BCUT2D eigenvalue weighted by Gasteiger charge is 2.34. The molecule has 0 spiro atoms. The van der Waals surface area contributed by atoms with Crippen molar-refractivity contribution in [3.8, 4) is 0 Å². The first kappa shape index (κ1) is 35.0. The van der Waals surface area contributed by atoms with E-state index in [1.807, 2.05) is 0 Å². The van der Waals surface area contributed by atoms with Gasteiger partial charge in [-0.15, -0.1) is 0 Å². The molecule has 0 amide bonds. The zero-order chi connectivity index (χ0) is 25.9. The van der Waals surface area contributed by atoms with Gasteiger partial charge in [-0.3, -0.25) is 5.73 Å². The molecular formula is C34H70N. The quantitative estimate of drug-likeness (QED) is 0.0927. The van der Waals surface area contributed by atoms with Crippen LogP contribution in [0.5, 0.6) is 0 Å². The summed E-state index contributed by atoms with van der Waals surface area (Å²) in [6.45, 7) is 9.25. The van der Waals surface area contributed by atoms with Gasteiger partial charge in [0.1, 0.15) is 0 Å². The number of hydrogen-bond acceptors (Lipinski definition) is 0. The van der Waals surface area contributed by atoms with E-state index in [4.69, 9.17) is 0 Å². The van der Waals surface area contributed by atoms with Crippen LogP contribution in [0.4, 0.5) is 0 Å². The lowest BCUT2D eigenvalue weighted by atomic mass is 9.72. The fourth-order valence-corrected chi connectivity index (χ4v) is 6.01. The molecule has 0 aromatic rings. The first-order valence-electron chi connectivity index (χ1n) is 16.9. The van der Waals surface area contributed by atoms with E-state index in [0.717, 1.165) is 0 Å². The SMILES string of the molecule is CCCCCCCCC(CCCCCCCC)C([NH])(CCCCCCCC)CCCCCCCC. The Balaban J connectivity index is 4.90. The van der Waals surface area contributed by atoms with E-state index >= 15 is 0 Å². The van der Waals surface area contributed by atoms with Gasteiger partial charge in [0.25, 0.3) is 0 Å². The van der Waals surface area contributed by atoms with Crippen molar-refractivity contribution in [2.75, 3.05) is 0 Å². The predicted molar refractivity (Wildman–Crippen MR) is 161 cm³/mol. The van der Waals surface area contributed by atoms with Gasteiger partial charge < -0.3 is 0 Å². The maximum Gasteiger partial charge on any atom is 0.0352 e. The average molecular weight is 493 g/mol. The average Bonchev–Trinajstić information content (AvgIpc) is 2.86. The summed E-state index contributed by atoms with van der Waals surface area (Å²) < 4.78 is 0. The summed E-state index contributed by atoms with van der Waals surface area (Å²) in [4.78, 5) is 0. The minimum absolute atomic E-state index is 0.150. The molecule has 0 saturated heterocycles. The molecule has 0 rings (SSSR count). The van der Waals surface area contributed by atoms with E-state index in [0.29, 0.717) is 5.92 Å². The van der Waals surface area contributed by atoms with E-state index < -0.39 is 0 Å². The molecule has 0 saturated carbocycles. The minimum atomic E-state index is -0.150. The largest absolute Gasteiger partial charge is 0.251 e. The fourth-order valence-electron chi connectivity index (χ4n) is 6.01. The van der Waals surface area contributed by atoms with Crippen LogP contribution in [0.1, 0.15) is 207 Å². The highest BCUT2D eigenvalue weighted by atomic mass is 14.8. The van der Waals surface area contributed by atoms with Gasteiger partial charge in [-0.25, -0.2) is 0 Å². The van der Waals surface area contributed by atoms with Crippen LogP contribution in [0.15, 0.2) is 0 Å². The highest BCUT2D eigenvalue weighted by molar-refractivity contribution is 4.91. The van der Waals surface area contributed by atoms with Crippen molar-refractivity contribution in [3.63, 3.8) is 0 Å². The van der Waals surface area contributed by atoms with Gasteiger partial charge >= 0.3 is 0 Å². The molecule has 0 aliphatic carbocycles. The number of nitrogens with one attached hydrogen (secondary N) is 1. The normalized spacial score (nSPS) is 12.2. The molecule has 0 aliphatic rings. The molecule has 1 N–H and O–H groups in total. The molecule has 1 heteroatoms. The lowest BCUT2D eigenvalue weighted by Crippen LogP contribution is -2.40. The Hall–Kier alpha value is -0.0400. The number of hydrogen-bond donors (Lipinski definition) is 0. The third kappa shape index (κ3) is 21.7. The van der Waals surface area contributed by atoms with Crippen LogP contribution in [0.25, 0.3) is 0 Å². The Kier molecular flexibility index (Phi) is 27.0. The molecule has 0 aromatic carbocycles. The summed E-state index contributed by atoms with van der Waals surface area (Å²) in [5.41, 5.74) is 9.65. The van der Waals surface area contributed by atoms with Gasteiger partial charge in [0.15, 0.2) is 0 Å². The molecule has 0 aliphatic heterocycles. The van der Waals surface area contributed by atoms with Gasteiger partial charge in [-0.1, -0.05) is 182 Å². The Morgan fingerprint density at radius 2 is 0.629 bits per heavy atom. The van der Waals surface area contributed by atoms with Gasteiger partial charge in [-0.05, 0) is 31.6 Å². The lowest BCUT2D eigenvalue weighted by Gasteiger charge is -2.38. The predicted octanol–water partition coefficient (Wildman–Crippen LogP) is 12.6. The fraction of sp³-hybridized carbons (Fsp3) is 1.00. The summed E-state index contributed by atoms with van der Waals surface area (Å²) >= 11 is 0. The van der Waals surface area contributed by atoms with E-state index in [2.05, 4.69) is 27.7 Å². The summed E-state index contributed by atoms with van der Waals surface area (Å²) in [5.74, 6) is 0.645. The van der Waals surface area contributed by atoms with Gasteiger partial charge in [0, 0.05) is 5.54 Å². The van der Waals surface area contributed by atoms with E-state index in [9.17, 15) is 5.73 Å². The Labute approximate surface area is 224 Å². The maximum atomic E-state index is 9.80. The Morgan fingerprint density at radius 3 is 0.943 bits per heavy atom. The van der Waals surface area contributed by atoms with Crippen LogP contribution >= 0.6 is 0 Å². The summed E-state index contributed by atoms with van der Waals surface area (Å²) in [7, 11) is 0. The van der Waals surface area contributed by atoms with Gasteiger partial charge in [-0.2, -0.15) is 0 Å². The minimum Gasteiger partial charge on any atom is -0.251 e. The summed E-state index contributed by atoms with van der Waals surface area (Å²) in [6, 6.07) is 0. The molecule has 0 heterocycles. The van der Waals surface area contributed by atoms with Crippen molar-refractivity contribution >= 4 is 0 Å². The molecule has 0 fully saturated rings. The van der Waals surface area contributed by atoms with Crippen molar-refractivity contribution in [1.82, 2.24) is 5.73 Å². The molecule has 0 unspecified atom stereocenters. The van der Waals surface area contributed by atoms with Crippen molar-refractivity contribution in [3.05, 3.63) is 0 Å². The summed E-state index contributed by atoms with van der Waals surface area (Å²) in [6.07, 6.45) is 38.0. The second-order valence-electron chi connectivity index (χ2n) is 12.0. The van der Waals surface area contributed by atoms with Crippen molar-refractivity contribution in [1.29, 1.82) is 0 Å². The maximum absolute atomic E-state index is 9.80. The molecule has 1 nitrogen and oxygen atoms in total. The van der Waals surface area contributed by atoms with Crippen LogP contribution in [0.2, 0.25) is 0 Å². The third-order valence-corrected chi connectivity index (χ3v) is 8.55. The molecule has 35 heavy (non-hydrogen) atoms. The van der Waals surface area contributed by atoms with E-state index in [1.165, 1.54) is 180 Å². The Morgan fingerprint density at radius 1 is 0.371 bits per heavy atom. The van der Waals surface area contributed by atoms with E-state index in [-0.39, 0.29) is 5.54 Å². The zero-order valence-electron chi connectivity index (χ0n) is 25.4. The van der Waals surface area contributed by atoms with Crippen LogP contribution in [0.3, 0.4) is 0 Å². The van der Waals surface area contributed by atoms with Crippen LogP contribution in [0, 0.1) is 5.92 Å². The smallest absolute Gasteiger partial charge is 0.0352 e. The van der Waals surface area contributed by atoms with Crippen LogP contribution < -0.4 is 5.73 Å². The van der Waals surface area contributed by atoms with E-state index in [1.54, 1.807) is 0 Å². The first-order valence-corrected chi connectivity index (χ1v) is 16.9. The summed E-state index contributed by atoms with van der Waals surface area (Å²) in [5, 5.41) is 0. The Bertz CT molecular complexity index is 358. The molecule has 0 aromatic heterocycles. The topological polar surface area (TPSA) is 23.8 Å². The van der Waals surface area contributed by atoms with Gasteiger partial charge in [0.05, 0.1) is 0 Å². The van der Waals surface area contributed by atoms with Gasteiger partial charge in [0.2, 0.25) is 0 Å². The highest BCUT2D eigenvalue weighted by Crippen LogP contribution is 2.37.